The fourth-order valence-electron chi connectivity index (χ4n) is 3.01. The van der Waals surface area contributed by atoms with Gasteiger partial charge < -0.3 is 20.1 Å². The van der Waals surface area contributed by atoms with Gasteiger partial charge in [0.1, 0.15) is 11.9 Å². The molecule has 1 fully saturated rings. The predicted octanol–water partition coefficient (Wildman–Crippen LogP) is 3.23. The second kappa shape index (κ2) is 5.59. The molecule has 2 atom stereocenters. The Hall–Kier alpha value is -2.11. The van der Waals surface area contributed by atoms with Gasteiger partial charge in [0, 0.05) is 18.3 Å². The molecule has 2 aliphatic rings. The molecule has 2 unspecified atom stereocenters. The maximum atomic E-state index is 5.87. The molecular weight excluding hydrogens is 278 g/mol. The lowest BCUT2D eigenvalue weighted by molar-refractivity contribution is -0.134. The molecular formula is C17H19N3O2. The highest BCUT2D eigenvalue weighted by atomic mass is 16.6. The zero-order valence-corrected chi connectivity index (χ0v) is 12.5. The van der Waals surface area contributed by atoms with Gasteiger partial charge in [0.25, 0.3) is 0 Å². The fourth-order valence-corrected chi connectivity index (χ4v) is 3.01. The molecule has 4 rings (SSSR count). The van der Waals surface area contributed by atoms with Crippen molar-refractivity contribution in [1.82, 2.24) is 4.98 Å². The van der Waals surface area contributed by atoms with Gasteiger partial charge in [-0.15, -0.1) is 0 Å². The minimum atomic E-state index is -0.00963. The zero-order chi connectivity index (χ0) is 14.9. The van der Waals surface area contributed by atoms with E-state index in [1.165, 1.54) is 0 Å². The minimum absolute atomic E-state index is 0.00963. The largest absolute Gasteiger partial charge is 0.379 e. The molecule has 2 aromatic rings. The average molecular weight is 297 g/mol. The number of hydrogen-bond donors (Lipinski definition) is 2. The molecule has 5 nitrogen and oxygen atoms in total. The van der Waals surface area contributed by atoms with E-state index in [1.54, 1.807) is 6.20 Å². The molecule has 114 valence electrons. The summed E-state index contributed by atoms with van der Waals surface area (Å²) in [5.74, 6) is 0.909. The number of nitrogens with zero attached hydrogens (tertiary/aromatic N) is 1. The molecule has 0 bridgehead atoms. The highest BCUT2D eigenvalue weighted by Gasteiger charge is 2.25. The van der Waals surface area contributed by atoms with Crippen LogP contribution in [0.25, 0.3) is 0 Å². The van der Waals surface area contributed by atoms with Crippen molar-refractivity contribution in [2.75, 3.05) is 23.8 Å². The van der Waals surface area contributed by atoms with E-state index in [-0.39, 0.29) is 12.2 Å². The van der Waals surface area contributed by atoms with Gasteiger partial charge in [-0.2, -0.15) is 0 Å². The first-order valence-electron chi connectivity index (χ1n) is 7.63. The summed E-state index contributed by atoms with van der Waals surface area (Å²) in [4.78, 5) is 4.41. The summed E-state index contributed by atoms with van der Waals surface area (Å²) in [6, 6.07) is 10.3. The van der Waals surface area contributed by atoms with Gasteiger partial charge in [0.15, 0.2) is 0 Å². The maximum Gasteiger partial charge on any atom is 0.135 e. The van der Waals surface area contributed by atoms with E-state index >= 15 is 0 Å². The van der Waals surface area contributed by atoms with Crippen molar-refractivity contribution in [2.45, 2.75) is 25.7 Å². The molecule has 0 amide bonds. The van der Waals surface area contributed by atoms with Crippen LogP contribution in [-0.4, -0.2) is 24.3 Å². The number of anilines is 3. The van der Waals surface area contributed by atoms with Gasteiger partial charge in [0.2, 0.25) is 0 Å². The lowest BCUT2D eigenvalue weighted by atomic mass is 10.0. The van der Waals surface area contributed by atoms with Gasteiger partial charge in [0.05, 0.1) is 30.7 Å². The average Bonchev–Trinajstić information content (AvgIpc) is 2.74. The van der Waals surface area contributed by atoms with Crippen molar-refractivity contribution in [3.8, 4) is 0 Å². The van der Waals surface area contributed by atoms with E-state index in [0.717, 1.165) is 34.9 Å². The highest BCUT2D eigenvalue weighted by molar-refractivity contribution is 5.77. The predicted molar refractivity (Wildman–Crippen MR) is 85.4 cm³/mol. The minimum Gasteiger partial charge on any atom is -0.379 e. The molecule has 0 spiro atoms. The van der Waals surface area contributed by atoms with Crippen LogP contribution in [0.15, 0.2) is 36.5 Å². The number of aromatic nitrogens is 1. The monoisotopic (exact) mass is 297 g/mol. The van der Waals surface area contributed by atoms with Gasteiger partial charge in [-0.05, 0) is 30.7 Å². The van der Waals surface area contributed by atoms with Crippen LogP contribution in [0.5, 0.6) is 0 Å². The number of pyridine rings is 1. The first-order valence-corrected chi connectivity index (χ1v) is 7.63. The van der Waals surface area contributed by atoms with Crippen LogP contribution in [-0.2, 0) is 16.0 Å². The van der Waals surface area contributed by atoms with Crippen molar-refractivity contribution in [2.24, 2.45) is 0 Å². The van der Waals surface area contributed by atoms with Crippen LogP contribution in [0, 0.1) is 0 Å². The standard InChI is InChI=1S/C17H19N3O2/c1-11-16(22-8-7-21-11)12-4-5-14-15(9-12)19-10-13-3-2-6-18-17(13)20-14/h2-6,9,11,16,19H,7-8,10H2,1H3,(H,18,20). The van der Waals surface area contributed by atoms with Gasteiger partial charge in [-0.3, -0.25) is 0 Å². The molecule has 5 heteroatoms. The second-order valence-corrected chi connectivity index (χ2v) is 5.66. The molecule has 2 aliphatic heterocycles. The molecule has 1 aromatic carbocycles. The Morgan fingerprint density at radius 1 is 1.14 bits per heavy atom. The van der Waals surface area contributed by atoms with E-state index in [2.05, 4.69) is 46.8 Å². The third kappa shape index (κ3) is 2.42. The second-order valence-electron chi connectivity index (χ2n) is 5.66. The molecule has 2 N–H and O–H groups in total. The first kappa shape index (κ1) is 13.5. The van der Waals surface area contributed by atoms with E-state index in [1.807, 2.05) is 6.07 Å². The Labute approximate surface area is 129 Å². The Bertz CT molecular complexity index is 689. The first-order chi connectivity index (χ1) is 10.8. The number of benzene rings is 1. The normalized spacial score (nSPS) is 23.5. The van der Waals surface area contributed by atoms with E-state index < -0.39 is 0 Å². The van der Waals surface area contributed by atoms with Crippen molar-refractivity contribution in [1.29, 1.82) is 0 Å². The molecule has 0 radical (unpaired) electrons. The van der Waals surface area contributed by atoms with E-state index in [4.69, 9.17) is 9.47 Å². The van der Waals surface area contributed by atoms with E-state index in [9.17, 15) is 0 Å². The van der Waals surface area contributed by atoms with Gasteiger partial charge in [-0.25, -0.2) is 4.98 Å². The SMILES string of the molecule is CC1OCCOC1c1ccc2c(c1)NCc1cccnc1N2. The maximum absolute atomic E-state index is 5.87. The zero-order valence-electron chi connectivity index (χ0n) is 12.5. The fraction of sp³-hybridized carbons (Fsp3) is 0.353. The van der Waals surface area contributed by atoms with Crippen molar-refractivity contribution < 1.29 is 9.47 Å². The number of rotatable bonds is 1. The topological polar surface area (TPSA) is 55.4 Å². The number of hydrogen-bond acceptors (Lipinski definition) is 5. The summed E-state index contributed by atoms with van der Waals surface area (Å²) in [6.07, 6.45) is 1.87. The van der Waals surface area contributed by atoms with Crippen LogP contribution in [0.2, 0.25) is 0 Å². The molecule has 0 saturated carbocycles. The van der Waals surface area contributed by atoms with Crippen LogP contribution in [0.1, 0.15) is 24.2 Å². The van der Waals surface area contributed by atoms with Crippen molar-refractivity contribution in [3.63, 3.8) is 0 Å². The van der Waals surface area contributed by atoms with E-state index in [0.29, 0.717) is 13.2 Å². The Morgan fingerprint density at radius 2 is 2.05 bits per heavy atom. The summed E-state index contributed by atoms with van der Waals surface area (Å²) in [5, 5.41) is 6.88. The molecule has 3 heterocycles. The summed E-state index contributed by atoms with van der Waals surface area (Å²) in [6.45, 7) is 4.13. The molecule has 0 aliphatic carbocycles. The molecule has 1 aromatic heterocycles. The third-order valence-electron chi connectivity index (χ3n) is 4.17. The number of fused-ring (bicyclic) bond motifs is 2. The molecule has 1 saturated heterocycles. The van der Waals surface area contributed by atoms with Gasteiger partial charge >= 0.3 is 0 Å². The van der Waals surface area contributed by atoms with Crippen molar-refractivity contribution in [3.05, 3.63) is 47.7 Å². The summed E-state index contributed by atoms with van der Waals surface area (Å²) in [5.41, 5.74) is 4.40. The van der Waals surface area contributed by atoms with Crippen LogP contribution in [0.4, 0.5) is 17.2 Å². The molecule has 22 heavy (non-hydrogen) atoms. The summed E-state index contributed by atoms with van der Waals surface area (Å²) >= 11 is 0. The van der Waals surface area contributed by atoms with Crippen LogP contribution in [0.3, 0.4) is 0 Å². The Balaban J connectivity index is 1.65. The van der Waals surface area contributed by atoms with Crippen LogP contribution < -0.4 is 10.6 Å². The summed E-state index contributed by atoms with van der Waals surface area (Å²) in [7, 11) is 0. The number of ether oxygens (including phenoxy) is 2. The lowest BCUT2D eigenvalue weighted by Crippen LogP contribution is -2.29. The third-order valence-corrected chi connectivity index (χ3v) is 4.17. The Morgan fingerprint density at radius 3 is 2.95 bits per heavy atom. The smallest absolute Gasteiger partial charge is 0.135 e. The van der Waals surface area contributed by atoms with Crippen molar-refractivity contribution >= 4 is 17.2 Å². The Kier molecular flexibility index (Phi) is 3.44. The number of nitrogens with one attached hydrogen (secondary N) is 2. The van der Waals surface area contributed by atoms with Crippen LogP contribution >= 0.6 is 0 Å². The lowest BCUT2D eigenvalue weighted by Gasteiger charge is -2.30. The quantitative estimate of drug-likeness (QED) is 0.846. The highest BCUT2D eigenvalue weighted by Crippen LogP contribution is 2.35. The van der Waals surface area contributed by atoms with Gasteiger partial charge in [-0.1, -0.05) is 12.1 Å². The summed E-state index contributed by atoms with van der Waals surface area (Å²) < 4.78 is 11.6.